The van der Waals surface area contributed by atoms with Crippen LogP contribution < -0.4 is 4.57 Å². The van der Waals surface area contributed by atoms with E-state index in [1.807, 2.05) is 0 Å². The van der Waals surface area contributed by atoms with Gasteiger partial charge in [0.25, 0.3) is 0 Å². The Balaban J connectivity index is 1.75. The van der Waals surface area contributed by atoms with Gasteiger partial charge in [0.2, 0.25) is 5.69 Å². The summed E-state index contributed by atoms with van der Waals surface area (Å²) in [6.45, 7) is 1.06. The molecule has 2 aromatic heterocycles. The van der Waals surface area contributed by atoms with E-state index in [4.69, 9.17) is 0 Å². The van der Waals surface area contributed by atoms with E-state index < -0.39 is 0 Å². The first kappa shape index (κ1) is 14.2. The Morgan fingerprint density at radius 1 is 0.840 bits per heavy atom. The predicted octanol–water partition coefficient (Wildman–Crippen LogP) is 5.07. The highest BCUT2D eigenvalue weighted by molar-refractivity contribution is 6.00. The lowest BCUT2D eigenvalue weighted by Gasteiger charge is -2.02. The van der Waals surface area contributed by atoms with Crippen LogP contribution in [0.1, 0.15) is 17.7 Å². The average molecular weight is 323 g/mol. The van der Waals surface area contributed by atoms with Crippen LogP contribution in [0.2, 0.25) is 0 Å². The van der Waals surface area contributed by atoms with Gasteiger partial charge in [-0.3, -0.25) is 0 Å². The number of H-pyrrole nitrogens is 1. The summed E-state index contributed by atoms with van der Waals surface area (Å²) in [5, 5.41) is 1.28. The number of aryl methyl sites for hydroxylation is 1. The summed E-state index contributed by atoms with van der Waals surface area (Å²) >= 11 is 0. The largest absolute Gasteiger partial charge is 0.354 e. The summed E-state index contributed by atoms with van der Waals surface area (Å²) in [4.78, 5) is 3.63. The molecule has 25 heavy (non-hydrogen) atoms. The highest BCUT2D eigenvalue weighted by Gasteiger charge is 2.24. The Hall–Kier alpha value is -3.13. The number of fused-ring (bicyclic) bond motifs is 2. The number of para-hydroxylation sites is 1. The molecule has 1 N–H and O–H groups in total. The quantitative estimate of drug-likeness (QED) is 0.497. The number of benzene rings is 2. The number of nitrogens with one attached hydrogen (secondary N) is 1. The normalized spacial score (nSPS) is 15.0. The van der Waals surface area contributed by atoms with Crippen LogP contribution in [-0.2, 0) is 6.54 Å². The van der Waals surface area contributed by atoms with Crippen LogP contribution in [0.5, 0.6) is 0 Å². The van der Waals surface area contributed by atoms with Crippen molar-refractivity contribution in [1.29, 1.82) is 0 Å². The molecule has 0 saturated carbocycles. The maximum Gasteiger partial charge on any atom is 0.208 e. The minimum Gasteiger partial charge on any atom is -0.354 e. The molecule has 0 amide bonds. The third-order valence-corrected chi connectivity index (χ3v) is 5.02. The molecule has 0 unspecified atom stereocenters. The molecule has 0 radical (unpaired) electrons. The molecule has 4 aromatic rings. The topological polar surface area (TPSA) is 19.7 Å². The molecular formula is C23H19N2+. The van der Waals surface area contributed by atoms with E-state index in [-0.39, 0.29) is 0 Å². The van der Waals surface area contributed by atoms with E-state index in [0.29, 0.717) is 0 Å². The van der Waals surface area contributed by atoms with Crippen LogP contribution in [0.25, 0.3) is 33.8 Å². The third-order valence-electron chi connectivity index (χ3n) is 5.02. The van der Waals surface area contributed by atoms with E-state index >= 15 is 0 Å². The molecule has 2 aromatic carbocycles. The molecule has 0 atom stereocenters. The van der Waals surface area contributed by atoms with Gasteiger partial charge in [-0.2, -0.15) is 4.57 Å². The lowest BCUT2D eigenvalue weighted by atomic mass is 10.0. The molecule has 3 heterocycles. The van der Waals surface area contributed by atoms with Crippen LogP contribution in [0.4, 0.5) is 0 Å². The Morgan fingerprint density at radius 3 is 2.56 bits per heavy atom. The number of hydrogen-bond acceptors (Lipinski definition) is 0. The molecule has 0 fully saturated rings. The van der Waals surface area contributed by atoms with Crippen LogP contribution in [0, 0.1) is 0 Å². The van der Waals surface area contributed by atoms with Gasteiger partial charge in [0.1, 0.15) is 0 Å². The standard InChI is InChI=1S/C23H18N2/c1-2-8-17(9-3-1)23-20(19-10-4-5-11-21(19)24-23)16-18-13-15-25-14-7-6-12-22(18)25/h1-12,14,16H,13,15H2/p+1. The molecule has 0 bridgehead atoms. The molecule has 0 aliphatic carbocycles. The molecule has 2 nitrogen and oxygen atoms in total. The van der Waals surface area contributed by atoms with Crippen molar-refractivity contribution in [2.45, 2.75) is 13.0 Å². The predicted molar refractivity (Wildman–Crippen MR) is 103 cm³/mol. The Kier molecular flexibility index (Phi) is 3.27. The number of pyridine rings is 1. The fourth-order valence-electron chi connectivity index (χ4n) is 3.80. The maximum atomic E-state index is 3.63. The second-order valence-corrected chi connectivity index (χ2v) is 6.52. The summed E-state index contributed by atoms with van der Waals surface area (Å²) in [7, 11) is 0. The monoisotopic (exact) mass is 323 g/mol. The van der Waals surface area contributed by atoms with Crippen molar-refractivity contribution in [3.05, 3.63) is 90.3 Å². The van der Waals surface area contributed by atoms with E-state index in [9.17, 15) is 0 Å². The molecule has 0 saturated heterocycles. The van der Waals surface area contributed by atoms with Gasteiger partial charge in [-0.05, 0) is 23.8 Å². The lowest BCUT2D eigenvalue weighted by molar-refractivity contribution is -0.689. The lowest BCUT2D eigenvalue weighted by Crippen LogP contribution is -2.31. The van der Waals surface area contributed by atoms with Gasteiger partial charge < -0.3 is 4.98 Å². The Morgan fingerprint density at radius 2 is 1.64 bits per heavy atom. The summed E-state index contributed by atoms with van der Waals surface area (Å²) < 4.78 is 2.34. The van der Waals surface area contributed by atoms with Gasteiger partial charge >= 0.3 is 0 Å². The number of aromatic nitrogens is 2. The molecule has 5 rings (SSSR count). The average Bonchev–Trinajstić information content (AvgIpc) is 3.25. The van der Waals surface area contributed by atoms with Gasteiger partial charge in [0.05, 0.1) is 5.69 Å². The number of hydrogen-bond donors (Lipinski definition) is 1. The Bertz CT molecular complexity index is 1090. The number of rotatable bonds is 2. The SMILES string of the molecule is C(=C1/CC[n+]2ccccc21)/c1c(-c2ccccc2)[nH]c2ccccc12. The second-order valence-electron chi connectivity index (χ2n) is 6.52. The van der Waals surface area contributed by atoms with E-state index in [0.717, 1.165) is 13.0 Å². The van der Waals surface area contributed by atoms with Gasteiger partial charge in [0, 0.05) is 40.6 Å². The van der Waals surface area contributed by atoms with Crippen molar-refractivity contribution in [2.24, 2.45) is 0 Å². The van der Waals surface area contributed by atoms with Crippen LogP contribution in [-0.4, -0.2) is 4.98 Å². The summed E-state index contributed by atoms with van der Waals surface area (Å²) in [5.41, 5.74) is 7.63. The molecule has 1 aliphatic rings. The van der Waals surface area contributed by atoms with E-state index in [1.54, 1.807) is 0 Å². The van der Waals surface area contributed by atoms with E-state index in [2.05, 4.69) is 94.6 Å². The smallest absolute Gasteiger partial charge is 0.208 e. The number of allylic oxidation sites excluding steroid dienone is 1. The minimum atomic E-state index is 1.06. The first-order chi connectivity index (χ1) is 12.4. The Labute approximate surface area is 147 Å². The van der Waals surface area contributed by atoms with Crippen molar-refractivity contribution in [3.8, 4) is 11.3 Å². The molecular weight excluding hydrogens is 304 g/mol. The first-order valence-electron chi connectivity index (χ1n) is 8.76. The molecule has 0 spiro atoms. The highest BCUT2D eigenvalue weighted by atomic mass is 15.0. The fourth-order valence-corrected chi connectivity index (χ4v) is 3.80. The highest BCUT2D eigenvalue weighted by Crippen LogP contribution is 2.34. The van der Waals surface area contributed by atoms with E-state index in [1.165, 1.54) is 39.0 Å². The molecule has 1 aliphatic heterocycles. The molecule has 120 valence electrons. The third kappa shape index (κ3) is 2.38. The van der Waals surface area contributed by atoms with Crippen molar-refractivity contribution in [2.75, 3.05) is 0 Å². The molecule has 2 heteroatoms. The second kappa shape index (κ2) is 5.75. The van der Waals surface area contributed by atoms with Crippen molar-refractivity contribution in [1.82, 2.24) is 4.98 Å². The zero-order valence-electron chi connectivity index (χ0n) is 13.9. The van der Waals surface area contributed by atoms with Crippen LogP contribution in [0.3, 0.4) is 0 Å². The summed E-state index contributed by atoms with van der Waals surface area (Å²) in [6.07, 6.45) is 5.63. The zero-order valence-corrected chi connectivity index (χ0v) is 13.9. The van der Waals surface area contributed by atoms with Crippen LogP contribution >= 0.6 is 0 Å². The van der Waals surface area contributed by atoms with Gasteiger partial charge in [0.15, 0.2) is 12.7 Å². The first-order valence-corrected chi connectivity index (χ1v) is 8.76. The van der Waals surface area contributed by atoms with Gasteiger partial charge in [-0.15, -0.1) is 0 Å². The zero-order chi connectivity index (χ0) is 16.6. The van der Waals surface area contributed by atoms with Crippen LogP contribution in [0.15, 0.2) is 79.0 Å². The fraction of sp³-hybridized carbons (Fsp3) is 0.0870. The van der Waals surface area contributed by atoms with Gasteiger partial charge in [-0.25, -0.2) is 0 Å². The van der Waals surface area contributed by atoms with Gasteiger partial charge in [-0.1, -0.05) is 48.5 Å². The minimum absolute atomic E-state index is 1.06. The maximum absolute atomic E-state index is 3.63. The number of aromatic amines is 1. The van der Waals surface area contributed by atoms with Crippen molar-refractivity contribution < 1.29 is 4.57 Å². The summed E-state index contributed by atoms with van der Waals surface area (Å²) in [6, 6.07) is 25.6. The summed E-state index contributed by atoms with van der Waals surface area (Å²) in [5.74, 6) is 0. The van der Waals surface area contributed by atoms with Crippen molar-refractivity contribution >= 4 is 22.6 Å². The number of nitrogens with zero attached hydrogens (tertiary/aromatic N) is 1. The van der Waals surface area contributed by atoms with Crippen molar-refractivity contribution in [3.63, 3.8) is 0 Å².